The molecule has 0 radical (unpaired) electrons. The van der Waals surface area contributed by atoms with Gasteiger partial charge in [-0.05, 0) is 25.5 Å². The number of nitrogens with zero attached hydrogens (tertiary/aromatic N) is 2. The van der Waals surface area contributed by atoms with Gasteiger partial charge in [-0.1, -0.05) is 13.3 Å². The van der Waals surface area contributed by atoms with Gasteiger partial charge in [0.15, 0.2) is 5.56 Å². The lowest BCUT2D eigenvalue weighted by molar-refractivity contribution is 0.0520. The second-order valence-electron chi connectivity index (χ2n) is 4.63. The monoisotopic (exact) mass is 290 g/mol. The Kier molecular flexibility index (Phi) is 4.57. The van der Waals surface area contributed by atoms with Gasteiger partial charge in [-0.2, -0.15) is 0 Å². The second-order valence-corrected chi connectivity index (χ2v) is 4.63. The molecule has 0 unspecified atom stereocenters. The molecule has 0 fully saturated rings. The van der Waals surface area contributed by atoms with Crippen molar-refractivity contribution in [3.8, 4) is 5.75 Å². The zero-order valence-electron chi connectivity index (χ0n) is 12.1. The van der Waals surface area contributed by atoms with Crippen LogP contribution in [0.1, 0.15) is 37.0 Å². The number of hydrogen-bond donors (Lipinski definition) is 1. The first-order chi connectivity index (χ1) is 10.1. The number of carbonyl (C=O) groups is 1. The molecule has 0 aliphatic heterocycles. The van der Waals surface area contributed by atoms with Crippen LogP contribution in [0.3, 0.4) is 0 Å². The van der Waals surface area contributed by atoms with Crippen molar-refractivity contribution < 1.29 is 14.6 Å². The number of esters is 1. The lowest BCUT2D eigenvalue weighted by Gasteiger charge is -2.13. The van der Waals surface area contributed by atoms with Crippen LogP contribution in [0, 0.1) is 0 Å². The van der Waals surface area contributed by atoms with Gasteiger partial charge < -0.3 is 9.84 Å². The van der Waals surface area contributed by atoms with Gasteiger partial charge in [0.25, 0.3) is 5.56 Å². The fourth-order valence-corrected chi connectivity index (χ4v) is 2.17. The van der Waals surface area contributed by atoms with Crippen LogP contribution in [0.4, 0.5) is 0 Å². The molecule has 0 aromatic carbocycles. The van der Waals surface area contributed by atoms with E-state index in [1.807, 2.05) is 6.92 Å². The fraction of sp³-hybridized carbons (Fsp3) is 0.400. The van der Waals surface area contributed by atoms with Crippen LogP contribution in [0.5, 0.6) is 5.75 Å². The first-order valence-electron chi connectivity index (χ1n) is 6.99. The van der Waals surface area contributed by atoms with E-state index in [0.717, 1.165) is 12.8 Å². The predicted octanol–water partition coefficient (Wildman–Crippen LogP) is 2.08. The summed E-state index contributed by atoms with van der Waals surface area (Å²) in [6, 6.07) is 3.27. The van der Waals surface area contributed by atoms with Gasteiger partial charge in [-0.3, -0.25) is 9.36 Å². The molecule has 0 atom stereocenters. The Hall–Kier alpha value is -2.37. The molecule has 2 heterocycles. The Bertz CT molecular complexity index is 721. The quantitative estimate of drug-likeness (QED) is 0.853. The van der Waals surface area contributed by atoms with Crippen LogP contribution in [0.15, 0.2) is 23.1 Å². The summed E-state index contributed by atoms with van der Waals surface area (Å²) in [7, 11) is 0. The molecule has 6 heteroatoms. The van der Waals surface area contributed by atoms with Crippen LogP contribution in [0.2, 0.25) is 0 Å². The Morgan fingerprint density at radius 1 is 1.43 bits per heavy atom. The summed E-state index contributed by atoms with van der Waals surface area (Å²) >= 11 is 0. The van der Waals surface area contributed by atoms with E-state index < -0.39 is 11.5 Å². The third-order valence-electron chi connectivity index (χ3n) is 3.21. The van der Waals surface area contributed by atoms with E-state index >= 15 is 0 Å². The number of aromatic nitrogens is 2. The zero-order chi connectivity index (χ0) is 15.4. The average molecular weight is 290 g/mol. The highest BCUT2D eigenvalue weighted by molar-refractivity contribution is 5.98. The molecule has 2 aromatic heterocycles. The number of carbonyl (C=O) groups excluding carboxylic acids is 1. The van der Waals surface area contributed by atoms with Gasteiger partial charge >= 0.3 is 5.97 Å². The Morgan fingerprint density at radius 3 is 2.86 bits per heavy atom. The topological polar surface area (TPSA) is 81.4 Å². The average Bonchev–Trinajstić information content (AvgIpc) is 2.47. The number of pyridine rings is 2. The number of hydrogen-bond acceptors (Lipinski definition) is 5. The van der Waals surface area contributed by atoms with Crippen LogP contribution in [-0.4, -0.2) is 27.2 Å². The number of unbranched alkanes of at least 4 members (excludes halogenated alkanes) is 1. The van der Waals surface area contributed by atoms with Crippen molar-refractivity contribution in [1.82, 2.24) is 9.55 Å². The molecule has 0 amide bonds. The molecular weight excluding hydrogens is 272 g/mol. The summed E-state index contributed by atoms with van der Waals surface area (Å²) in [5.41, 5.74) is -0.513. The fourth-order valence-electron chi connectivity index (χ4n) is 2.17. The summed E-state index contributed by atoms with van der Waals surface area (Å²) < 4.78 is 6.29. The molecule has 0 aliphatic carbocycles. The van der Waals surface area contributed by atoms with E-state index in [0.29, 0.717) is 17.6 Å². The molecule has 6 nitrogen and oxygen atoms in total. The Balaban J connectivity index is 2.74. The third-order valence-corrected chi connectivity index (χ3v) is 3.21. The largest absolute Gasteiger partial charge is 0.506 e. The van der Waals surface area contributed by atoms with E-state index in [4.69, 9.17) is 4.74 Å². The summed E-state index contributed by atoms with van der Waals surface area (Å²) in [4.78, 5) is 28.6. The molecule has 0 spiro atoms. The smallest absolute Gasteiger partial charge is 0.347 e. The minimum Gasteiger partial charge on any atom is -0.506 e. The molecular formula is C15H18N2O4. The maximum Gasteiger partial charge on any atom is 0.347 e. The number of rotatable bonds is 5. The summed E-state index contributed by atoms with van der Waals surface area (Å²) in [6.07, 6.45) is 3.22. The molecule has 2 aromatic rings. The van der Waals surface area contributed by atoms with Crippen molar-refractivity contribution in [3.63, 3.8) is 0 Å². The standard InChI is InChI=1S/C15H18N2O4/c1-3-5-9-17-13-10(7-6-8-16-13)12(18)11(14(17)19)15(20)21-4-2/h6-8,18H,3-5,9H2,1-2H3. The lowest BCUT2D eigenvalue weighted by atomic mass is 10.1. The highest BCUT2D eigenvalue weighted by Crippen LogP contribution is 2.25. The third kappa shape index (κ3) is 2.74. The van der Waals surface area contributed by atoms with Crippen molar-refractivity contribution in [2.24, 2.45) is 0 Å². The normalized spacial score (nSPS) is 10.8. The van der Waals surface area contributed by atoms with Crippen molar-refractivity contribution in [2.45, 2.75) is 33.2 Å². The van der Waals surface area contributed by atoms with Gasteiger partial charge in [0, 0.05) is 12.7 Å². The van der Waals surface area contributed by atoms with Gasteiger partial charge in [0.1, 0.15) is 11.4 Å². The lowest BCUT2D eigenvalue weighted by Crippen LogP contribution is -2.28. The van der Waals surface area contributed by atoms with Gasteiger partial charge in [-0.25, -0.2) is 9.78 Å². The first kappa shape index (κ1) is 15.0. The number of aryl methyl sites for hydroxylation is 1. The predicted molar refractivity (Wildman–Crippen MR) is 78.5 cm³/mol. The maximum absolute atomic E-state index is 12.5. The van der Waals surface area contributed by atoms with Crippen LogP contribution in [0.25, 0.3) is 11.0 Å². The van der Waals surface area contributed by atoms with Crippen LogP contribution >= 0.6 is 0 Å². The van der Waals surface area contributed by atoms with E-state index in [9.17, 15) is 14.7 Å². The molecule has 0 bridgehead atoms. The van der Waals surface area contributed by atoms with E-state index in [2.05, 4.69) is 4.98 Å². The molecule has 0 aliphatic rings. The number of ether oxygens (including phenoxy) is 1. The van der Waals surface area contributed by atoms with Gasteiger partial charge in [-0.15, -0.1) is 0 Å². The second kappa shape index (κ2) is 6.39. The Labute approximate surface area is 122 Å². The molecule has 0 saturated carbocycles. The molecule has 0 saturated heterocycles. The van der Waals surface area contributed by atoms with Crippen molar-refractivity contribution in [2.75, 3.05) is 6.61 Å². The van der Waals surface area contributed by atoms with E-state index in [1.54, 1.807) is 25.3 Å². The maximum atomic E-state index is 12.5. The highest BCUT2D eigenvalue weighted by atomic mass is 16.5. The summed E-state index contributed by atoms with van der Waals surface area (Å²) in [6.45, 7) is 4.23. The van der Waals surface area contributed by atoms with Crippen molar-refractivity contribution in [1.29, 1.82) is 0 Å². The number of aromatic hydroxyl groups is 1. The zero-order valence-corrected chi connectivity index (χ0v) is 12.1. The van der Waals surface area contributed by atoms with Gasteiger partial charge in [0.05, 0.1) is 12.0 Å². The van der Waals surface area contributed by atoms with Gasteiger partial charge in [0.2, 0.25) is 0 Å². The first-order valence-corrected chi connectivity index (χ1v) is 6.99. The molecule has 21 heavy (non-hydrogen) atoms. The van der Waals surface area contributed by atoms with Crippen LogP contribution < -0.4 is 5.56 Å². The van der Waals surface area contributed by atoms with Crippen molar-refractivity contribution in [3.05, 3.63) is 34.2 Å². The number of fused-ring (bicyclic) bond motifs is 1. The minimum absolute atomic E-state index is 0.137. The Morgan fingerprint density at radius 2 is 2.19 bits per heavy atom. The summed E-state index contributed by atoms with van der Waals surface area (Å²) in [5.74, 6) is -1.18. The summed E-state index contributed by atoms with van der Waals surface area (Å²) in [5, 5.41) is 10.6. The van der Waals surface area contributed by atoms with Crippen molar-refractivity contribution >= 4 is 17.0 Å². The van der Waals surface area contributed by atoms with E-state index in [-0.39, 0.29) is 17.9 Å². The highest BCUT2D eigenvalue weighted by Gasteiger charge is 2.23. The minimum atomic E-state index is -0.809. The van der Waals surface area contributed by atoms with E-state index in [1.165, 1.54) is 4.57 Å². The SMILES string of the molecule is CCCCn1c(=O)c(C(=O)OCC)c(O)c2cccnc21. The van der Waals surface area contributed by atoms with Crippen LogP contribution in [-0.2, 0) is 11.3 Å². The molecule has 112 valence electrons. The molecule has 2 rings (SSSR count). The molecule has 1 N–H and O–H groups in total.